The summed E-state index contributed by atoms with van der Waals surface area (Å²) < 4.78 is 0. The highest BCUT2D eigenvalue weighted by atomic mass is 15.1. The van der Waals surface area contributed by atoms with Crippen LogP contribution in [0.15, 0.2) is 243 Å². The normalized spacial score (nSPS) is 11.3. The van der Waals surface area contributed by atoms with Crippen LogP contribution in [0.2, 0.25) is 0 Å². The van der Waals surface area contributed by atoms with E-state index < -0.39 is 0 Å². The summed E-state index contributed by atoms with van der Waals surface area (Å²) in [5, 5.41) is 7.21. The Morgan fingerprint density at radius 1 is 0.317 bits per heavy atom. The number of allylic oxidation sites excluding steroid dienone is 2. The predicted octanol–water partition coefficient (Wildman–Crippen LogP) is 16.6. The minimum atomic E-state index is 1.08. The zero-order chi connectivity index (χ0) is 40.3. The maximum absolute atomic E-state index is 3.89. The Morgan fingerprint density at radius 2 is 0.750 bits per heavy atom. The van der Waals surface area contributed by atoms with E-state index in [-0.39, 0.29) is 0 Å². The van der Waals surface area contributed by atoms with Crippen molar-refractivity contribution in [2.45, 2.75) is 0 Å². The van der Waals surface area contributed by atoms with Gasteiger partial charge in [-0.05, 0) is 133 Å². The van der Waals surface area contributed by atoms with Gasteiger partial charge in [-0.15, -0.1) is 0 Å². The number of fused-ring (bicyclic) bond motifs is 3. The molecule has 0 unspecified atom stereocenters. The first-order valence-electron chi connectivity index (χ1n) is 20.5. The van der Waals surface area contributed by atoms with E-state index in [4.69, 9.17) is 0 Å². The van der Waals surface area contributed by atoms with Crippen LogP contribution in [-0.4, -0.2) is 0 Å². The van der Waals surface area contributed by atoms with Gasteiger partial charge in [0.1, 0.15) is 0 Å². The van der Waals surface area contributed by atoms with Crippen molar-refractivity contribution >= 4 is 72.5 Å². The average molecular weight is 767 g/mol. The van der Waals surface area contributed by atoms with Crippen molar-refractivity contribution in [2.24, 2.45) is 0 Å². The van der Waals surface area contributed by atoms with Crippen molar-refractivity contribution in [1.82, 2.24) is 0 Å². The van der Waals surface area contributed by atoms with Crippen molar-refractivity contribution in [3.8, 4) is 22.3 Å². The highest BCUT2D eigenvalue weighted by Crippen LogP contribution is 2.48. The number of nitrogens with zero attached hydrogens (tertiary/aromatic N) is 2. The van der Waals surface area contributed by atoms with Gasteiger partial charge >= 0.3 is 0 Å². The second-order valence-electron chi connectivity index (χ2n) is 15.0. The number of hydrogen-bond acceptors (Lipinski definition) is 2. The molecule has 0 bridgehead atoms. The van der Waals surface area contributed by atoms with Crippen LogP contribution in [0.5, 0.6) is 0 Å². The number of rotatable bonds is 10. The monoisotopic (exact) mass is 766 g/mol. The molecular formula is C58H42N2. The number of anilines is 6. The lowest BCUT2D eigenvalue weighted by atomic mass is 9.85. The second-order valence-corrected chi connectivity index (χ2v) is 15.0. The van der Waals surface area contributed by atoms with Gasteiger partial charge in [-0.1, -0.05) is 176 Å². The third-order valence-corrected chi connectivity index (χ3v) is 11.3. The second kappa shape index (κ2) is 16.1. The molecular weight excluding hydrogens is 725 g/mol. The third kappa shape index (κ3) is 6.91. The SMILES string of the molecule is C=C/C=C\c1cccc(N(c2ccccc2)c2ccc3c(-c4ccccc4)c4cc(N(c5ccccc5)c5ccc6ccccc6c5)ccc4c(-c4ccccc4)c3c2)c1. The molecule has 0 spiro atoms. The van der Waals surface area contributed by atoms with Gasteiger partial charge in [0.15, 0.2) is 0 Å². The quantitative estimate of drug-likeness (QED) is 0.101. The Bertz CT molecular complexity index is 3150. The molecule has 0 aromatic heterocycles. The van der Waals surface area contributed by atoms with Gasteiger partial charge in [-0.3, -0.25) is 0 Å². The minimum Gasteiger partial charge on any atom is -0.310 e. The van der Waals surface area contributed by atoms with Crippen LogP contribution in [0.3, 0.4) is 0 Å². The summed E-state index contributed by atoms with van der Waals surface area (Å²) in [5.74, 6) is 0. The summed E-state index contributed by atoms with van der Waals surface area (Å²) >= 11 is 0. The number of hydrogen-bond donors (Lipinski definition) is 0. The molecule has 2 nitrogen and oxygen atoms in total. The Labute approximate surface area is 351 Å². The van der Waals surface area contributed by atoms with E-state index in [1.54, 1.807) is 0 Å². The maximum atomic E-state index is 3.89. The van der Waals surface area contributed by atoms with E-state index in [1.165, 1.54) is 54.6 Å². The summed E-state index contributed by atoms with van der Waals surface area (Å²) in [5.41, 5.74) is 12.4. The van der Waals surface area contributed by atoms with E-state index in [0.717, 1.165) is 39.7 Å². The van der Waals surface area contributed by atoms with Crippen molar-refractivity contribution in [1.29, 1.82) is 0 Å². The summed E-state index contributed by atoms with van der Waals surface area (Å²) in [4.78, 5) is 4.74. The van der Waals surface area contributed by atoms with Crippen molar-refractivity contribution in [3.63, 3.8) is 0 Å². The van der Waals surface area contributed by atoms with Gasteiger partial charge < -0.3 is 9.80 Å². The van der Waals surface area contributed by atoms with Crippen LogP contribution >= 0.6 is 0 Å². The van der Waals surface area contributed by atoms with Gasteiger partial charge in [-0.25, -0.2) is 0 Å². The van der Waals surface area contributed by atoms with Crippen LogP contribution in [0, 0.1) is 0 Å². The first kappa shape index (κ1) is 36.4. The summed E-state index contributed by atoms with van der Waals surface area (Å²) in [6.07, 6.45) is 5.89. The van der Waals surface area contributed by atoms with E-state index in [1.807, 2.05) is 12.2 Å². The Morgan fingerprint density at radius 3 is 1.28 bits per heavy atom. The van der Waals surface area contributed by atoms with E-state index in [0.29, 0.717) is 0 Å². The van der Waals surface area contributed by atoms with Gasteiger partial charge in [0.25, 0.3) is 0 Å². The lowest BCUT2D eigenvalue weighted by Crippen LogP contribution is -2.10. The molecule has 0 radical (unpaired) electrons. The first-order valence-corrected chi connectivity index (χ1v) is 20.5. The zero-order valence-corrected chi connectivity index (χ0v) is 33.2. The van der Waals surface area contributed by atoms with Crippen LogP contribution in [0.1, 0.15) is 5.56 Å². The average Bonchev–Trinajstić information content (AvgIpc) is 3.31. The van der Waals surface area contributed by atoms with Crippen LogP contribution in [0.25, 0.3) is 60.6 Å². The smallest absolute Gasteiger partial charge is 0.0468 e. The lowest BCUT2D eigenvalue weighted by Gasteiger charge is -2.28. The highest BCUT2D eigenvalue weighted by Gasteiger charge is 2.22. The lowest BCUT2D eigenvalue weighted by molar-refractivity contribution is 1.29. The maximum Gasteiger partial charge on any atom is 0.0468 e. The van der Waals surface area contributed by atoms with E-state index in [9.17, 15) is 0 Å². The molecule has 0 aliphatic rings. The molecule has 0 fully saturated rings. The highest BCUT2D eigenvalue weighted by molar-refractivity contribution is 6.22. The van der Waals surface area contributed by atoms with Crippen LogP contribution < -0.4 is 9.80 Å². The standard InChI is InChI=1S/C58H42N2/c1-2-3-19-42-20-18-31-49(38-42)59(47-27-12-6-13-28-47)51-34-36-53-55(40-51)57(44-22-8-4-9-23-44)54-37-35-52(41-56(54)58(53)45-24-10-5-11-25-45)60(48-29-14-7-15-30-48)50-33-32-43-21-16-17-26-46(43)39-50/h2-41H,1H2/b19-3-. The molecule has 284 valence electrons. The molecule has 10 aromatic carbocycles. The molecule has 0 saturated heterocycles. The van der Waals surface area contributed by atoms with Gasteiger partial charge in [0.2, 0.25) is 0 Å². The van der Waals surface area contributed by atoms with Gasteiger partial charge in [0.05, 0.1) is 0 Å². The number of para-hydroxylation sites is 2. The van der Waals surface area contributed by atoms with Crippen molar-refractivity contribution in [3.05, 3.63) is 249 Å². The molecule has 0 atom stereocenters. The molecule has 0 saturated carbocycles. The van der Waals surface area contributed by atoms with Crippen molar-refractivity contribution < 1.29 is 0 Å². The van der Waals surface area contributed by atoms with E-state index >= 15 is 0 Å². The Balaban J connectivity index is 1.26. The molecule has 2 heteroatoms. The molecule has 0 amide bonds. The Hall–Kier alpha value is -7.94. The molecule has 10 rings (SSSR count). The zero-order valence-electron chi connectivity index (χ0n) is 33.2. The molecule has 60 heavy (non-hydrogen) atoms. The third-order valence-electron chi connectivity index (χ3n) is 11.3. The van der Waals surface area contributed by atoms with Gasteiger partial charge in [-0.2, -0.15) is 0 Å². The number of benzene rings is 10. The fourth-order valence-corrected chi connectivity index (χ4v) is 8.63. The summed E-state index contributed by atoms with van der Waals surface area (Å²) in [6.45, 7) is 3.89. The van der Waals surface area contributed by atoms with E-state index in [2.05, 4.69) is 247 Å². The van der Waals surface area contributed by atoms with Gasteiger partial charge in [0, 0.05) is 34.1 Å². The minimum absolute atomic E-state index is 1.08. The molecule has 10 aromatic rings. The first-order chi connectivity index (χ1) is 29.7. The molecule has 0 aliphatic carbocycles. The molecule has 0 heterocycles. The summed E-state index contributed by atoms with van der Waals surface area (Å²) in [7, 11) is 0. The van der Waals surface area contributed by atoms with Crippen LogP contribution in [-0.2, 0) is 0 Å². The fourth-order valence-electron chi connectivity index (χ4n) is 8.63. The van der Waals surface area contributed by atoms with Crippen molar-refractivity contribution in [2.75, 3.05) is 9.80 Å². The predicted molar refractivity (Wildman–Crippen MR) is 258 cm³/mol. The largest absolute Gasteiger partial charge is 0.310 e. The summed E-state index contributed by atoms with van der Waals surface area (Å²) in [6, 6.07) is 81.2. The molecule has 0 N–H and O–H groups in total. The fraction of sp³-hybridized carbons (Fsp3) is 0. The Kier molecular flexibility index (Phi) is 9.79. The van der Waals surface area contributed by atoms with Crippen LogP contribution in [0.4, 0.5) is 34.1 Å². The topological polar surface area (TPSA) is 6.48 Å². The molecule has 0 aliphatic heterocycles.